The molecule has 0 aliphatic rings. The van der Waals surface area contributed by atoms with E-state index in [4.69, 9.17) is 11.6 Å². The van der Waals surface area contributed by atoms with Gasteiger partial charge in [-0.05, 0) is 43.2 Å². The normalized spacial score (nSPS) is 12.1. The summed E-state index contributed by atoms with van der Waals surface area (Å²) in [5.74, 6) is -0.781. The third-order valence-corrected chi connectivity index (χ3v) is 6.34. The first kappa shape index (κ1) is 25.7. The lowest BCUT2D eigenvalue weighted by Gasteiger charge is -2.31. The highest BCUT2D eigenvalue weighted by Gasteiger charge is 2.29. The Labute approximate surface area is 195 Å². The van der Waals surface area contributed by atoms with E-state index in [1.54, 1.807) is 61.5 Å². The quantitative estimate of drug-likeness (QED) is 0.500. The molecule has 9 heteroatoms. The second-order valence-corrected chi connectivity index (χ2v) is 9.92. The summed E-state index contributed by atoms with van der Waals surface area (Å²) in [6, 6.07) is 14.6. The van der Waals surface area contributed by atoms with Gasteiger partial charge in [-0.15, -0.1) is 0 Å². The number of hydrogen-bond donors (Lipinski definition) is 1. The fourth-order valence-corrected chi connectivity index (χ4v) is 4.22. The van der Waals surface area contributed by atoms with Crippen molar-refractivity contribution < 1.29 is 18.0 Å². The molecule has 0 aliphatic heterocycles. The van der Waals surface area contributed by atoms with Crippen LogP contribution in [0.2, 0.25) is 5.02 Å². The topological polar surface area (TPSA) is 86.8 Å². The molecule has 1 unspecified atom stereocenters. The highest BCUT2D eigenvalue weighted by Crippen LogP contribution is 2.19. The Kier molecular flexibility index (Phi) is 9.53. The first-order chi connectivity index (χ1) is 15.1. The molecule has 2 aromatic carbocycles. The van der Waals surface area contributed by atoms with Gasteiger partial charge in [0.2, 0.25) is 21.8 Å². The van der Waals surface area contributed by atoms with E-state index in [0.717, 1.165) is 29.0 Å². The number of sulfonamides is 1. The molecule has 0 bridgehead atoms. The highest BCUT2D eigenvalue weighted by molar-refractivity contribution is 7.92. The number of unbranched alkanes of at least 4 members (excludes halogenated alkanes) is 1. The summed E-state index contributed by atoms with van der Waals surface area (Å²) in [7, 11) is -3.73. The number of carbonyl (C=O) groups excluding carboxylic acids is 2. The largest absolute Gasteiger partial charge is 0.354 e. The van der Waals surface area contributed by atoms with Crippen molar-refractivity contribution in [3.63, 3.8) is 0 Å². The highest BCUT2D eigenvalue weighted by atomic mass is 35.5. The van der Waals surface area contributed by atoms with Crippen LogP contribution in [0.25, 0.3) is 0 Å². The number of para-hydroxylation sites is 1. The monoisotopic (exact) mass is 479 g/mol. The summed E-state index contributed by atoms with van der Waals surface area (Å²) in [6.07, 6.45) is 2.81. The molecular weight excluding hydrogens is 450 g/mol. The molecule has 0 radical (unpaired) electrons. The van der Waals surface area contributed by atoms with Crippen LogP contribution < -0.4 is 9.62 Å². The average molecular weight is 480 g/mol. The van der Waals surface area contributed by atoms with Gasteiger partial charge in [0.15, 0.2) is 0 Å². The number of hydrogen-bond acceptors (Lipinski definition) is 4. The van der Waals surface area contributed by atoms with Gasteiger partial charge in [-0.2, -0.15) is 0 Å². The molecule has 0 saturated carbocycles. The number of rotatable bonds is 11. The predicted octanol–water partition coefficient (Wildman–Crippen LogP) is 3.44. The van der Waals surface area contributed by atoms with E-state index in [1.165, 1.54) is 4.90 Å². The van der Waals surface area contributed by atoms with Crippen LogP contribution in [0.3, 0.4) is 0 Å². The summed E-state index contributed by atoms with van der Waals surface area (Å²) in [5.41, 5.74) is 1.12. The lowest BCUT2D eigenvalue weighted by molar-refractivity contribution is -0.139. The SMILES string of the molecule is CCCCNC(=O)C(C)N(Cc1cccc(Cl)c1)C(=O)CN(c1ccccc1)S(C)(=O)=O. The van der Waals surface area contributed by atoms with Gasteiger partial charge in [0.1, 0.15) is 12.6 Å². The van der Waals surface area contributed by atoms with Crippen molar-refractivity contribution in [2.45, 2.75) is 39.3 Å². The molecule has 0 spiro atoms. The first-order valence-corrected chi connectivity index (χ1v) is 12.7. The van der Waals surface area contributed by atoms with Crippen LogP contribution >= 0.6 is 11.6 Å². The van der Waals surface area contributed by atoms with Crippen molar-refractivity contribution in [1.29, 1.82) is 0 Å². The first-order valence-electron chi connectivity index (χ1n) is 10.5. The number of carbonyl (C=O) groups is 2. The predicted molar refractivity (Wildman–Crippen MR) is 128 cm³/mol. The van der Waals surface area contributed by atoms with Crippen LogP contribution in [0.15, 0.2) is 54.6 Å². The second kappa shape index (κ2) is 11.9. The zero-order valence-corrected chi connectivity index (χ0v) is 20.2. The fourth-order valence-electron chi connectivity index (χ4n) is 3.16. The summed E-state index contributed by atoms with van der Waals surface area (Å²) < 4.78 is 25.9. The molecule has 0 aromatic heterocycles. The van der Waals surface area contributed by atoms with Crippen LogP contribution in [0, 0.1) is 0 Å². The zero-order valence-electron chi connectivity index (χ0n) is 18.6. The van der Waals surface area contributed by atoms with E-state index in [1.807, 2.05) is 6.92 Å². The minimum Gasteiger partial charge on any atom is -0.354 e. The van der Waals surface area contributed by atoms with Gasteiger partial charge in [-0.1, -0.05) is 55.3 Å². The lowest BCUT2D eigenvalue weighted by Crippen LogP contribution is -2.51. The zero-order chi connectivity index (χ0) is 23.7. The Balaban J connectivity index is 2.31. The smallest absolute Gasteiger partial charge is 0.244 e. The van der Waals surface area contributed by atoms with Crippen molar-refractivity contribution >= 4 is 39.1 Å². The molecule has 2 amide bonds. The Bertz CT molecular complexity index is 1010. The van der Waals surface area contributed by atoms with Crippen LogP contribution in [0.4, 0.5) is 5.69 Å². The van der Waals surface area contributed by atoms with Gasteiger partial charge in [0.05, 0.1) is 11.9 Å². The fraction of sp³-hybridized carbons (Fsp3) is 0.391. The molecule has 0 saturated heterocycles. The van der Waals surface area contributed by atoms with E-state index in [0.29, 0.717) is 17.3 Å². The molecular formula is C23H30ClN3O4S. The molecule has 1 atom stereocenters. The minimum absolute atomic E-state index is 0.119. The minimum atomic E-state index is -3.73. The number of halogens is 1. The number of anilines is 1. The van der Waals surface area contributed by atoms with Crippen molar-refractivity contribution in [3.05, 3.63) is 65.2 Å². The third-order valence-electron chi connectivity index (χ3n) is 4.96. The maximum Gasteiger partial charge on any atom is 0.244 e. The molecule has 174 valence electrons. The molecule has 2 rings (SSSR count). The van der Waals surface area contributed by atoms with Crippen LogP contribution in [0.1, 0.15) is 32.3 Å². The lowest BCUT2D eigenvalue weighted by atomic mass is 10.1. The standard InChI is InChI=1S/C23H30ClN3O4S/c1-4-5-14-25-23(29)18(2)26(16-19-10-9-11-20(24)15-19)22(28)17-27(32(3,30)31)21-12-7-6-8-13-21/h6-13,15,18H,4-5,14,16-17H2,1-3H3,(H,25,29). The number of nitrogens with zero attached hydrogens (tertiary/aromatic N) is 2. The van der Waals surface area contributed by atoms with E-state index < -0.39 is 28.5 Å². The number of amides is 2. The second-order valence-electron chi connectivity index (χ2n) is 7.58. The van der Waals surface area contributed by atoms with Gasteiger partial charge < -0.3 is 10.2 Å². The van der Waals surface area contributed by atoms with Gasteiger partial charge >= 0.3 is 0 Å². The summed E-state index contributed by atoms with van der Waals surface area (Å²) >= 11 is 6.09. The average Bonchev–Trinajstić information content (AvgIpc) is 2.75. The molecule has 7 nitrogen and oxygen atoms in total. The summed E-state index contributed by atoms with van der Waals surface area (Å²) in [6.45, 7) is 3.87. The maximum atomic E-state index is 13.3. The van der Waals surface area contributed by atoms with Crippen LogP contribution in [-0.4, -0.2) is 50.5 Å². The molecule has 32 heavy (non-hydrogen) atoms. The van der Waals surface area contributed by atoms with Crippen molar-refractivity contribution in [3.8, 4) is 0 Å². The van der Waals surface area contributed by atoms with Crippen molar-refractivity contribution in [1.82, 2.24) is 10.2 Å². The van der Waals surface area contributed by atoms with E-state index in [2.05, 4.69) is 5.32 Å². The molecule has 0 heterocycles. The molecule has 1 N–H and O–H groups in total. The van der Waals surface area contributed by atoms with Crippen molar-refractivity contribution in [2.75, 3.05) is 23.7 Å². The van der Waals surface area contributed by atoms with E-state index in [9.17, 15) is 18.0 Å². The summed E-state index contributed by atoms with van der Waals surface area (Å²) in [5, 5.41) is 3.35. The van der Waals surface area contributed by atoms with Crippen molar-refractivity contribution in [2.24, 2.45) is 0 Å². The Hall–Kier alpha value is -2.58. The van der Waals surface area contributed by atoms with E-state index >= 15 is 0 Å². The van der Waals surface area contributed by atoms with Gasteiger partial charge in [-0.25, -0.2) is 8.42 Å². The molecule has 0 aliphatic carbocycles. The molecule has 2 aromatic rings. The van der Waals surface area contributed by atoms with Gasteiger partial charge in [0, 0.05) is 18.1 Å². The van der Waals surface area contributed by atoms with Crippen LogP contribution in [-0.2, 0) is 26.2 Å². The maximum absolute atomic E-state index is 13.3. The Morgan fingerprint density at radius 1 is 1.09 bits per heavy atom. The Morgan fingerprint density at radius 3 is 2.38 bits per heavy atom. The van der Waals surface area contributed by atoms with Crippen LogP contribution in [0.5, 0.6) is 0 Å². The number of nitrogens with one attached hydrogen (secondary N) is 1. The van der Waals surface area contributed by atoms with Gasteiger partial charge in [-0.3, -0.25) is 13.9 Å². The third kappa shape index (κ3) is 7.53. The Morgan fingerprint density at radius 2 is 1.78 bits per heavy atom. The summed E-state index contributed by atoms with van der Waals surface area (Å²) in [4.78, 5) is 27.4. The molecule has 0 fully saturated rings. The number of benzene rings is 2. The van der Waals surface area contributed by atoms with Gasteiger partial charge in [0.25, 0.3) is 0 Å². The van der Waals surface area contributed by atoms with E-state index in [-0.39, 0.29) is 12.5 Å².